The Kier molecular flexibility index (Phi) is 4.40. The average Bonchev–Trinajstić information content (AvgIpc) is 2.37. The molecule has 0 aromatic heterocycles. The van der Waals surface area contributed by atoms with Gasteiger partial charge in [-0.15, -0.1) is 0 Å². The lowest BCUT2D eigenvalue weighted by atomic mass is 10.0. The maximum atomic E-state index is 12.1. The van der Waals surface area contributed by atoms with Gasteiger partial charge >= 0.3 is 0 Å². The number of aryl methyl sites for hydroxylation is 2. The molecule has 0 saturated carbocycles. The van der Waals surface area contributed by atoms with E-state index < -0.39 is 0 Å². The lowest BCUT2D eigenvalue weighted by Crippen LogP contribution is -2.43. The van der Waals surface area contributed by atoms with Crippen LogP contribution in [0.2, 0.25) is 0 Å². The number of halogens is 1. The molecule has 1 aliphatic rings. The van der Waals surface area contributed by atoms with E-state index in [0.29, 0.717) is 0 Å². The summed E-state index contributed by atoms with van der Waals surface area (Å²) in [5.41, 5.74) is 3.16. The van der Waals surface area contributed by atoms with Gasteiger partial charge in [0.1, 0.15) is 0 Å². The average molecular weight is 311 g/mol. The number of nitrogens with one attached hydrogen (secondary N) is 2. The minimum atomic E-state index is -0.0389. The van der Waals surface area contributed by atoms with E-state index in [2.05, 4.69) is 26.6 Å². The maximum Gasteiger partial charge on any atom is 0.241 e. The lowest BCUT2D eigenvalue weighted by Gasteiger charge is -2.22. The van der Waals surface area contributed by atoms with E-state index in [1.165, 1.54) is 6.42 Å². The van der Waals surface area contributed by atoms with Crippen LogP contribution in [0.4, 0.5) is 5.69 Å². The van der Waals surface area contributed by atoms with E-state index in [0.717, 1.165) is 40.7 Å². The van der Waals surface area contributed by atoms with Gasteiger partial charge in [-0.3, -0.25) is 4.79 Å². The second-order valence-electron chi connectivity index (χ2n) is 4.92. The molecule has 1 aliphatic heterocycles. The van der Waals surface area contributed by atoms with E-state index in [1.807, 2.05) is 26.0 Å². The van der Waals surface area contributed by atoms with Crippen LogP contribution < -0.4 is 10.6 Å². The Morgan fingerprint density at radius 2 is 2.00 bits per heavy atom. The fourth-order valence-corrected chi connectivity index (χ4v) is 2.55. The topological polar surface area (TPSA) is 41.1 Å². The van der Waals surface area contributed by atoms with Gasteiger partial charge in [-0.05, 0) is 56.5 Å². The molecule has 1 saturated heterocycles. The molecule has 0 unspecified atom stereocenters. The van der Waals surface area contributed by atoms with E-state index in [4.69, 9.17) is 0 Å². The number of carbonyl (C=O) groups is 1. The minimum absolute atomic E-state index is 0.0389. The molecule has 18 heavy (non-hydrogen) atoms. The molecular formula is C14H19BrN2O. The van der Waals surface area contributed by atoms with E-state index in [-0.39, 0.29) is 11.9 Å². The molecule has 4 heteroatoms. The first-order valence-electron chi connectivity index (χ1n) is 6.39. The molecule has 0 aliphatic carbocycles. The van der Waals surface area contributed by atoms with Gasteiger partial charge in [0.05, 0.1) is 6.04 Å². The molecule has 1 aromatic carbocycles. The number of amides is 1. The summed E-state index contributed by atoms with van der Waals surface area (Å²) in [6.45, 7) is 5.01. The highest BCUT2D eigenvalue weighted by Gasteiger charge is 2.20. The summed E-state index contributed by atoms with van der Waals surface area (Å²) in [7, 11) is 0. The summed E-state index contributed by atoms with van der Waals surface area (Å²) in [5.74, 6) is 0.0795. The first-order chi connectivity index (χ1) is 8.58. The zero-order valence-corrected chi connectivity index (χ0v) is 12.4. The van der Waals surface area contributed by atoms with Crippen LogP contribution in [0.5, 0.6) is 0 Å². The summed E-state index contributed by atoms with van der Waals surface area (Å²) < 4.78 is 1.11. The van der Waals surface area contributed by atoms with Crippen LogP contribution in [0.25, 0.3) is 0 Å². The molecule has 1 atom stereocenters. The Labute approximate surface area is 116 Å². The standard InChI is InChI=1S/C14H19BrN2O/c1-9-7-11(8-10(2)13(9)15)17-14(18)12-5-3-4-6-16-12/h7-8,12,16H,3-6H2,1-2H3,(H,17,18)/t12-/m0/s1. The van der Waals surface area contributed by atoms with E-state index >= 15 is 0 Å². The fourth-order valence-electron chi connectivity index (χ4n) is 2.32. The number of anilines is 1. The third-order valence-electron chi connectivity index (χ3n) is 3.33. The van der Waals surface area contributed by atoms with Crippen molar-refractivity contribution in [1.29, 1.82) is 0 Å². The summed E-state index contributed by atoms with van der Waals surface area (Å²) in [5, 5.41) is 6.26. The number of piperidine rings is 1. The highest BCUT2D eigenvalue weighted by molar-refractivity contribution is 9.10. The van der Waals surface area contributed by atoms with Crippen molar-refractivity contribution in [2.75, 3.05) is 11.9 Å². The van der Waals surface area contributed by atoms with Crippen molar-refractivity contribution in [3.8, 4) is 0 Å². The van der Waals surface area contributed by atoms with Gasteiger partial charge in [0.25, 0.3) is 0 Å². The number of hydrogen-bond donors (Lipinski definition) is 2. The second kappa shape index (κ2) is 5.85. The van der Waals surface area contributed by atoms with Crippen LogP contribution in [-0.2, 0) is 4.79 Å². The highest BCUT2D eigenvalue weighted by Crippen LogP contribution is 2.25. The Hall–Kier alpha value is -0.870. The first kappa shape index (κ1) is 13.6. The largest absolute Gasteiger partial charge is 0.325 e. The predicted molar refractivity (Wildman–Crippen MR) is 77.9 cm³/mol. The van der Waals surface area contributed by atoms with E-state index in [9.17, 15) is 4.79 Å². The van der Waals surface area contributed by atoms with Crippen molar-refractivity contribution in [1.82, 2.24) is 5.32 Å². The molecule has 98 valence electrons. The monoisotopic (exact) mass is 310 g/mol. The molecule has 0 spiro atoms. The molecule has 0 bridgehead atoms. The van der Waals surface area contributed by atoms with Gasteiger partial charge < -0.3 is 10.6 Å². The molecule has 0 radical (unpaired) electrons. The Balaban J connectivity index is 2.06. The summed E-state index contributed by atoms with van der Waals surface area (Å²) in [6.07, 6.45) is 3.23. The first-order valence-corrected chi connectivity index (χ1v) is 7.18. The Morgan fingerprint density at radius 3 is 2.56 bits per heavy atom. The molecular weight excluding hydrogens is 292 g/mol. The molecule has 2 N–H and O–H groups in total. The zero-order valence-electron chi connectivity index (χ0n) is 10.8. The summed E-state index contributed by atoms with van der Waals surface area (Å²) in [4.78, 5) is 12.1. The summed E-state index contributed by atoms with van der Waals surface area (Å²) in [6, 6.07) is 3.96. The van der Waals surface area contributed by atoms with Crippen LogP contribution in [0.15, 0.2) is 16.6 Å². The van der Waals surface area contributed by atoms with Crippen molar-refractivity contribution in [3.63, 3.8) is 0 Å². The van der Waals surface area contributed by atoms with Gasteiger partial charge in [-0.1, -0.05) is 22.4 Å². The van der Waals surface area contributed by atoms with Gasteiger partial charge in [0, 0.05) is 10.2 Å². The Bertz CT molecular complexity index is 430. The quantitative estimate of drug-likeness (QED) is 0.881. The lowest BCUT2D eigenvalue weighted by molar-refractivity contribution is -0.118. The second-order valence-corrected chi connectivity index (χ2v) is 5.71. The van der Waals surface area contributed by atoms with Crippen molar-refractivity contribution < 1.29 is 4.79 Å². The molecule has 1 fully saturated rings. The molecule has 3 nitrogen and oxygen atoms in total. The smallest absolute Gasteiger partial charge is 0.241 e. The number of benzene rings is 1. The summed E-state index contributed by atoms with van der Waals surface area (Å²) >= 11 is 3.53. The Morgan fingerprint density at radius 1 is 1.33 bits per heavy atom. The van der Waals surface area contributed by atoms with Gasteiger partial charge in [-0.25, -0.2) is 0 Å². The molecule has 1 aromatic rings. The van der Waals surface area contributed by atoms with Crippen molar-refractivity contribution in [2.24, 2.45) is 0 Å². The third-order valence-corrected chi connectivity index (χ3v) is 4.58. The third kappa shape index (κ3) is 3.12. The van der Waals surface area contributed by atoms with Crippen LogP contribution >= 0.6 is 15.9 Å². The number of hydrogen-bond acceptors (Lipinski definition) is 2. The minimum Gasteiger partial charge on any atom is -0.325 e. The van der Waals surface area contributed by atoms with Crippen molar-refractivity contribution in [3.05, 3.63) is 27.7 Å². The molecule has 2 rings (SSSR count). The van der Waals surface area contributed by atoms with E-state index in [1.54, 1.807) is 0 Å². The van der Waals surface area contributed by atoms with Gasteiger partial charge in [0.15, 0.2) is 0 Å². The SMILES string of the molecule is Cc1cc(NC(=O)[C@@H]2CCCCN2)cc(C)c1Br. The van der Waals surface area contributed by atoms with Gasteiger partial charge in [0.2, 0.25) is 5.91 Å². The fraction of sp³-hybridized carbons (Fsp3) is 0.500. The number of rotatable bonds is 2. The van der Waals surface area contributed by atoms with Crippen LogP contribution in [0, 0.1) is 13.8 Å². The van der Waals surface area contributed by atoms with Crippen molar-refractivity contribution in [2.45, 2.75) is 39.2 Å². The van der Waals surface area contributed by atoms with Crippen LogP contribution in [0.3, 0.4) is 0 Å². The van der Waals surface area contributed by atoms with Crippen molar-refractivity contribution >= 4 is 27.5 Å². The highest BCUT2D eigenvalue weighted by atomic mass is 79.9. The normalized spacial score (nSPS) is 19.6. The number of carbonyl (C=O) groups excluding carboxylic acids is 1. The van der Waals surface area contributed by atoms with Crippen LogP contribution in [-0.4, -0.2) is 18.5 Å². The zero-order chi connectivity index (χ0) is 13.1. The van der Waals surface area contributed by atoms with Gasteiger partial charge in [-0.2, -0.15) is 0 Å². The van der Waals surface area contributed by atoms with Crippen LogP contribution in [0.1, 0.15) is 30.4 Å². The predicted octanol–water partition coefficient (Wildman–Crippen LogP) is 3.15. The molecule has 1 heterocycles. The molecule has 1 amide bonds. The maximum absolute atomic E-state index is 12.1.